The molecule has 0 aliphatic rings. The zero-order valence-electron chi connectivity index (χ0n) is 14.5. The first-order valence-electron chi connectivity index (χ1n) is 7.83. The summed E-state index contributed by atoms with van der Waals surface area (Å²) in [6, 6.07) is 0. The summed E-state index contributed by atoms with van der Waals surface area (Å²) in [5.41, 5.74) is 0. The van der Waals surface area contributed by atoms with Crippen molar-refractivity contribution in [3.05, 3.63) is 0 Å². The third-order valence-electron chi connectivity index (χ3n) is 3.59. The number of nitrogens with one attached hydrogen (secondary N) is 1. The van der Waals surface area contributed by atoms with Crippen molar-refractivity contribution >= 4 is 29.8 Å². The summed E-state index contributed by atoms with van der Waals surface area (Å²) in [6.07, 6.45) is 0. The van der Waals surface area contributed by atoms with Crippen molar-refractivity contribution < 1.29 is 54.0 Å². The molecule has 0 heterocycles. The van der Waals surface area contributed by atoms with E-state index in [2.05, 4.69) is 5.32 Å². The van der Waals surface area contributed by atoms with Crippen LogP contribution in [0, 0.1) is 0 Å². The molecule has 0 saturated heterocycles. The van der Waals surface area contributed by atoms with E-state index >= 15 is 0 Å². The molecule has 0 saturated carbocycles. The molecule has 154 valence electrons. The van der Waals surface area contributed by atoms with Gasteiger partial charge in [0.25, 0.3) is 0 Å². The summed E-state index contributed by atoms with van der Waals surface area (Å²) in [5.74, 6) is -6.29. The number of hydrogen-bond acceptors (Lipinski definition) is 7. The van der Waals surface area contributed by atoms with E-state index in [1.807, 2.05) is 0 Å². The molecule has 13 heteroatoms. The molecule has 0 unspecified atom stereocenters. The van der Waals surface area contributed by atoms with Crippen molar-refractivity contribution in [2.75, 3.05) is 58.9 Å². The van der Waals surface area contributed by atoms with Crippen LogP contribution in [-0.2, 0) is 24.0 Å². The number of carboxylic acid groups (broad SMARTS) is 5. The van der Waals surface area contributed by atoms with Crippen molar-refractivity contribution in [1.29, 1.82) is 0 Å². The molecule has 0 radical (unpaired) electrons. The summed E-state index contributed by atoms with van der Waals surface area (Å²) in [7, 11) is 0. The average molecular weight is 394 g/mol. The maximum Gasteiger partial charge on any atom is 0.359 e. The van der Waals surface area contributed by atoms with E-state index in [9.17, 15) is 24.0 Å². The molecule has 0 amide bonds. The molecule has 0 aliphatic carbocycles. The third-order valence-corrected chi connectivity index (χ3v) is 3.59. The Hall–Kier alpha value is -2.77. The van der Waals surface area contributed by atoms with Crippen molar-refractivity contribution in [3.8, 4) is 0 Å². The molecule has 0 fully saturated rings. The molecular formula is C14H24N3O10+. The summed E-state index contributed by atoms with van der Waals surface area (Å²) in [5, 5.41) is 47.1. The van der Waals surface area contributed by atoms with Crippen molar-refractivity contribution in [1.82, 2.24) is 10.2 Å². The molecule has 0 aromatic heterocycles. The highest BCUT2D eigenvalue weighted by Gasteiger charge is 2.34. The third kappa shape index (κ3) is 12.3. The first kappa shape index (κ1) is 24.2. The first-order chi connectivity index (χ1) is 12.5. The van der Waals surface area contributed by atoms with Crippen LogP contribution in [-0.4, -0.2) is 124 Å². The van der Waals surface area contributed by atoms with Gasteiger partial charge in [-0.15, -0.1) is 0 Å². The Labute approximate surface area is 154 Å². The van der Waals surface area contributed by atoms with Gasteiger partial charge in [0.05, 0.1) is 32.7 Å². The number of nitrogens with zero attached hydrogens (tertiary/aromatic N) is 2. The minimum atomic E-state index is -1.29. The maximum atomic E-state index is 11.2. The second-order valence-electron chi connectivity index (χ2n) is 5.96. The Kier molecular flexibility index (Phi) is 10.6. The van der Waals surface area contributed by atoms with Crippen LogP contribution < -0.4 is 5.32 Å². The SMILES string of the molecule is O=C(O)CNCC[N+](CCN(CC(=O)O)CC(=O)O)(CC(=O)O)CC(=O)O. The predicted octanol–water partition coefficient (Wildman–Crippen LogP) is -2.88. The second kappa shape index (κ2) is 11.8. The van der Waals surface area contributed by atoms with Crippen LogP contribution in [0.15, 0.2) is 0 Å². The molecule has 0 aliphatic heterocycles. The van der Waals surface area contributed by atoms with Crippen LogP contribution in [0.25, 0.3) is 0 Å². The number of carboxylic acids is 5. The van der Waals surface area contributed by atoms with E-state index in [-0.39, 0.29) is 26.2 Å². The summed E-state index contributed by atoms with van der Waals surface area (Å²) >= 11 is 0. The van der Waals surface area contributed by atoms with Gasteiger partial charge in [0, 0.05) is 13.1 Å². The number of hydrogen-bond donors (Lipinski definition) is 6. The molecule has 13 nitrogen and oxygen atoms in total. The van der Waals surface area contributed by atoms with E-state index in [1.165, 1.54) is 0 Å². The van der Waals surface area contributed by atoms with Gasteiger partial charge in [-0.1, -0.05) is 0 Å². The lowest BCUT2D eigenvalue weighted by molar-refractivity contribution is -0.912. The van der Waals surface area contributed by atoms with Gasteiger partial charge in [0.1, 0.15) is 0 Å². The fourth-order valence-corrected chi connectivity index (χ4v) is 2.52. The second-order valence-corrected chi connectivity index (χ2v) is 5.96. The molecular weight excluding hydrogens is 370 g/mol. The molecule has 0 spiro atoms. The molecule has 0 rings (SSSR count). The van der Waals surface area contributed by atoms with Crippen LogP contribution in [0.3, 0.4) is 0 Å². The van der Waals surface area contributed by atoms with Crippen LogP contribution in [0.1, 0.15) is 0 Å². The largest absolute Gasteiger partial charge is 0.480 e. The highest BCUT2D eigenvalue weighted by molar-refractivity contribution is 5.72. The molecule has 0 aromatic carbocycles. The van der Waals surface area contributed by atoms with Gasteiger partial charge in [0.15, 0.2) is 13.1 Å². The zero-order valence-corrected chi connectivity index (χ0v) is 14.5. The molecule has 6 N–H and O–H groups in total. The van der Waals surface area contributed by atoms with Gasteiger partial charge in [0.2, 0.25) is 0 Å². The van der Waals surface area contributed by atoms with Gasteiger partial charge >= 0.3 is 29.8 Å². The summed E-state index contributed by atoms with van der Waals surface area (Å²) in [4.78, 5) is 55.7. The Bertz CT molecular complexity index is 533. The van der Waals surface area contributed by atoms with Gasteiger partial charge in [-0.2, -0.15) is 0 Å². The Morgan fingerprint density at radius 2 is 1.19 bits per heavy atom. The maximum absolute atomic E-state index is 11.2. The number of quaternary nitrogens is 1. The van der Waals surface area contributed by atoms with E-state index in [0.29, 0.717) is 0 Å². The Balaban J connectivity index is 5.27. The lowest BCUT2D eigenvalue weighted by atomic mass is 10.2. The van der Waals surface area contributed by atoms with Gasteiger partial charge < -0.3 is 35.3 Å². The van der Waals surface area contributed by atoms with Crippen LogP contribution in [0.4, 0.5) is 0 Å². The molecule has 0 atom stereocenters. The minimum Gasteiger partial charge on any atom is -0.480 e. The van der Waals surface area contributed by atoms with Gasteiger partial charge in [-0.3, -0.25) is 19.3 Å². The van der Waals surface area contributed by atoms with E-state index in [0.717, 1.165) is 4.90 Å². The predicted molar refractivity (Wildman–Crippen MR) is 87.2 cm³/mol. The quantitative estimate of drug-likeness (QED) is 0.115. The zero-order chi connectivity index (χ0) is 21.0. The van der Waals surface area contributed by atoms with Crippen LogP contribution >= 0.6 is 0 Å². The highest BCUT2D eigenvalue weighted by atomic mass is 16.4. The summed E-state index contributed by atoms with van der Waals surface area (Å²) in [6.45, 7) is -3.18. The first-order valence-corrected chi connectivity index (χ1v) is 7.83. The average Bonchev–Trinajstić information content (AvgIpc) is 2.46. The van der Waals surface area contributed by atoms with Crippen molar-refractivity contribution in [2.24, 2.45) is 0 Å². The van der Waals surface area contributed by atoms with Crippen molar-refractivity contribution in [3.63, 3.8) is 0 Å². The van der Waals surface area contributed by atoms with Crippen molar-refractivity contribution in [2.45, 2.75) is 0 Å². The fourth-order valence-electron chi connectivity index (χ4n) is 2.52. The molecule has 0 bridgehead atoms. The monoisotopic (exact) mass is 394 g/mol. The number of aliphatic carboxylic acids is 5. The lowest BCUT2D eigenvalue weighted by Gasteiger charge is -2.37. The van der Waals surface area contributed by atoms with E-state index in [1.54, 1.807) is 0 Å². The summed E-state index contributed by atoms with van der Waals surface area (Å²) < 4.78 is -0.507. The Morgan fingerprint density at radius 1 is 0.704 bits per heavy atom. The van der Waals surface area contributed by atoms with Crippen LogP contribution in [0.5, 0.6) is 0 Å². The molecule has 0 aromatic rings. The fraction of sp³-hybridized carbons (Fsp3) is 0.643. The minimum absolute atomic E-state index is 0.00468. The van der Waals surface area contributed by atoms with Crippen LogP contribution in [0.2, 0.25) is 0 Å². The van der Waals surface area contributed by atoms with Gasteiger partial charge in [-0.25, -0.2) is 9.59 Å². The smallest absolute Gasteiger partial charge is 0.359 e. The topological polar surface area (TPSA) is 202 Å². The van der Waals surface area contributed by atoms with E-state index in [4.69, 9.17) is 25.5 Å². The highest BCUT2D eigenvalue weighted by Crippen LogP contribution is 2.08. The Morgan fingerprint density at radius 3 is 1.56 bits per heavy atom. The molecule has 27 heavy (non-hydrogen) atoms. The van der Waals surface area contributed by atoms with E-state index < -0.39 is 67.1 Å². The number of carbonyl (C=O) groups is 5. The normalized spacial score (nSPS) is 11.3. The lowest BCUT2D eigenvalue weighted by Crippen LogP contribution is -2.59. The number of rotatable bonds is 16. The van der Waals surface area contributed by atoms with Gasteiger partial charge in [-0.05, 0) is 0 Å². The standard InChI is InChI=1S/C14H23N3O10/c18-10(19)5-15-1-3-17(8-13(24)25,9-14(26)27)4-2-16(6-11(20)21)7-12(22)23/h15H,1-9H2,(H4-,18,19,20,21,22,23,24,25,26,27)/p+1.